The lowest BCUT2D eigenvalue weighted by Gasteiger charge is -2.13. The van der Waals surface area contributed by atoms with Crippen molar-refractivity contribution in [3.63, 3.8) is 0 Å². The fourth-order valence-corrected chi connectivity index (χ4v) is 6.69. The molecule has 0 N–H and O–H groups in total. The summed E-state index contributed by atoms with van der Waals surface area (Å²) in [5, 5.41) is 19.4. The smallest absolute Gasteiger partial charge is 0.00197 e. The van der Waals surface area contributed by atoms with Crippen LogP contribution in [0, 0.1) is 13.8 Å². The van der Waals surface area contributed by atoms with Crippen molar-refractivity contribution in [2.45, 2.75) is 33.6 Å². The molecule has 8 rings (SSSR count). The Morgan fingerprint density at radius 2 is 0.829 bits per heavy atom. The number of fused-ring (bicyclic) bond motifs is 9. The Morgan fingerprint density at radius 3 is 1.43 bits per heavy atom. The van der Waals surface area contributed by atoms with Gasteiger partial charge in [-0.15, -0.1) is 0 Å². The zero-order valence-corrected chi connectivity index (χ0v) is 20.6. The number of hydrogen-bond acceptors (Lipinski definition) is 0. The molecule has 0 saturated carbocycles. The lowest BCUT2D eigenvalue weighted by molar-refractivity contribution is 0.870. The van der Waals surface area contributed by atoms with E-state index in [4.69, 9.17) is 0 Å². The number of hydrogen-bond donors (Lipinski definition) is 0. The van der Waals surface area contributed by atoms with Crippen molar-refractivity contribution in [1.29, 1.82) is 0 Å². The van der Waals surface area contributed by atoms with Gasteiger partial charge < -0.3 is 0 Å². The summed E-state index contributed by atoms with van der Waals surface area (Å²) in [5.41, 5.74) is 4.05. The van der Waals surface area contributed by atoms with Crippen LogP contribution in [0.1, 0.15) is 36.5 Å². The Balaban J connectivity index is 1.72. The molecular formula is C35H26. The number of rotatable bonds is 1. The second kappa shape index (κ2) is 6.40. The summed E-state index contributed by atoms with van der Waals surface area (Å²) in [7, 11) is 0. The molecule has 0 radical (unpaired) electrons. The summed E-state index contributed by atoms with van der Waals surface area (Å²) in [6.07, 6.45) is 0. The van der Waals surface area contributed by atoms with Crippen LogP contribution in [0.4, 0.5) is 0 Å². The van der Waals surface area contributed by atoms with Crippen LogP contribution in [0.2, 0.25) is 0 Å². The first-order valence-electron chi connectivity index (χ1n) is 12.7. The predicted molar refractivity (Wildman–Crippen MR) is 155 cm³/mol. The van der Waals surface area contributed by atoms with E-state index in [1.807, 2.05) is 0 Å². The maximum Gasteiger partial charge on any atom is -0.00197 e. The summed E-state index contributed by atoms with van der Waals surface area (Å²) < 4.78 is 0. The third-order valence-corrected chi connectivity index (χ3v) is 8.39. The standard InChI is InChI=1S/C35H26/c1-18(2)21-14-30-23-11-9-20(4)13-27(23)33-16-28-25-7-5-6-24-22-10-8-19(3)12-26(22)32(34(24)25)17-29(28)31(15-21)35(30)33/h5-18H,1-4H3. The van der Waals surface area contributed by atoms with E-state index in [-0.39, 0.29) is 0 Å². The van der Waals surface area contributed by atoms with Gasteiger partial charge in [0.15, 0.2) is 0 Å². The van der Waals surface area contributed by atoms with Crippen LogP contribution in [-0.4, -0.2) is 0 Å². The van der Waals surface area contributed by atoms with Gasteiger partial charge in [-0.1, -0.05) is 91.7 Å². The minimum atomic E-state index is 0.481. The molecule has 0 aliphatic carbocycles. The Morgan fingerprint density at radius 1 is 0.400 bits per heavy atom. The van der Waals surface area contributed by atoms with Gasteiger partial charge in [0, 0.05) is 0 Å². The maximum atomic E-state index is 2.49. The van der Waals surface area contributed by atoms with Crippen LogP contribution in [-0.2, 0) is 0 Å². The molecular weight excluding hydrogens is 420 g/mol. The monoisotopic (exact) mass is 446 g/mol. The Kier molecular flexibility index (Phi) is 3.55. The quantitative estimate of drug-likeness (QED) is 0.220. The van der Waals surface area contributed by atoms with Gasteiger partial charge in [-0.3, -0.25) is 0 Å². The lowest BCUT2D eigenvalue weighted by atomic mass is 9.90. The molecule has 0 aliphatic rings. The third-order valence-electron chi connectivity index (χ3n) is 8.39. The molecule has 0 saturated heterocycles. The van der Waals surface area contributed by atoms with E-state index >= 15 is 0 Å². The molecule has 0 nitrogen and oxygen atoms in total. The first-order chi connectivity index (χ1) is 17.0. The first kappa shape index (κ1) is 19.4. The van der Waals surface area contributed by atoms with E-state index in [2.05, 4.69) is 107 Å². The van der Waals surface area contributed by atoms with Gasteiger partial charge in [0.1, 0.15) is 0 Å². The molecule has 35 heavy (non-hydrogen) atoms. The van der Waals surface area contributed by atoms with Gasteiger partial charge in [0.25, 0.3) is 0 Å². The molecule has 0 aliphatic heterocycles. The van der Waals surface area contributed by atoms with Crippen molar-refractivity contribution >= 4 is 75.4 Å². The second-order valence-electron chi connectivity index (χ2n) is 10.9. The van der Waals surface area contributed by atoms with Crippen molar-refractivity contribution in [1.82, 2.24) is 0 Å². The number of benzene rings is 6. The van der Waals surface area contributed by atoms with Gasteiger partial charge in [0.05, 0.1) is 0 Å². The molecule has 0 atom stereocenters. The molecule has 0 heterocycles. The third kappa shape index (κ3) is 2.37. The van der Waals surface area contributed by atoms with Crippen LogP contribution in [0.15, 0.2) is 78.9 Å². The Bertz CT molecular complexity index is 2140. The predicted octanol–water partition coefficient (Wildman–Crippen LogP) is 10.4. The van der Waals surface area contributed by atoms with E-state index in [9.17, 15) is 0 Å². The van der Waals surface area contributed by atoms with E-state index in [1.54, 1.807) is 0 Å². The van der Waals surface area contributed by atoms with Crippen molar-refractivity contribution in [2.75, 3.05) is 0 Å². The van der Waals surface area contributed by atoms with Crippen LogP contribution < -0.4 is 0 Å². The zero-order chi connectivity index (χ0) is 23.6. The summed E-state index contributed by atoms with van der Waals surface area (Å²) in [5.74, 6) is 0.481. The van der Waals surface area contributed by atoms with Crippen LogP contribution >= 0.6 is 0 Å². The highest BCUT2D eigenvalue weighted by atomic mass is 14.2. The SMILES string of the molecule is Cc1ccc2c(c1)c1cc3c(cc4c5cc(C)ccc5c5cc(C(C)C)cc3c54)c3cccc2c31. The van der Waals surface area contributed by atoms with Gasteiger partial charge in [-0.05, 0) is 113 Å². The molecule has 0 unspecified atom stereocenters. The van der Waals surface area contributed by atoms with E-state index in [1.165, 1.54) is 92.1 Å². The minimum Gasteiger partial charge on any atom is -0.0610 e. The van der Waals surface area contributed by atoms with Crippen LogP contribution in [0.3, 0.4) is 0 Å². The molecule has 8 aromatic carbocycles. The van der Waals surface area contributed by atoms with Crippen molar-refractivity contribution < 1.29 is 0 Å². The molecule has 0 heteroatoms. The molecule has 8 aromatic rings. The Hall–Kier alpha value is -3.90. The highest BCUT2D eigenvalue weighted by Gasteiger charge is 2.20. The Labute approximate surface area is 204 Å². The molecule has 0 amide bonds. The largest absolute Gasteiger partial charge is 0.0610 e. The first-order valence-corrected chi connectivity index (χ1v) is 12.7. The highest BCUT2D eigenvalue weighted by molar-refractivity contribution is 6.41. The number of aryl methyl sites for hydroxylation is 2. The minimum absolute atomic E-state index is 0.481. The van der Waals surface area contributed by atoms with E-state index in [0.717, 1.165) is 0 Å². The molecule has 166 valence electrons. The van der Waals surface area contributed by atoms with Crippen molar-refractivity contribution in [3.8, 4) is 0 Å². The zero-order valence-electron chi connectivity index (χ0n) is 20.6. The molecule has 0 bridgehead atoms. The van der Waals surface area contributed by atoms with Crippen molar-refractivity contribution in [2.24, 2.45) is 0 Å². The molecule has 0 aromatic heterocycles. The van der Waals surface area contributed by atoms with Crippen molar-refractivity contribution in [3.05, 3.63) is 95.6 Å². The molecule has 0 fully saturated rings. The fourth-order valence-electron chi connectivity index (χ4n) is 6.69. The summed E-state index contributed by atoms with van der Waals surface area (Å²) in [6.45, 7) is 9.03. The maximum absolute atomic E-state index is 2.49. The van der Waals surface area contributed by atoms with Gasteiger partial charge in [0.2, 0.25) is 0 Å². The van der Waals surface area contributed by atoms with Gasteiger partial charge >= 0.3 is 0 Å². The fraction of sp³-hybridized carbons (Fsp3) is 0.143. The lowest BCUT2D eigenvalue weighted by Crippen LogP contribution is -1.89. The normalized spacial score (nSPS) is 12.8. The van der Waals surface area contributed by atoms with E-state index in [0.29, 0.717) is 5.92 Å². The highest BCUT2D eigenvalue weighted by Crippen LogP contribution is 2.48. The molecule has 0 spiro atoms. The second-order valence-corrected chi connectivity index (χ2v) is 10.9. The van der Waals surface area contributed by atoms with Gasteiger partial charge in [-0.25, -0.2) is 0 Å². The summed E-state index contributed by atoms with van der Waals surface area (Å²) >= 11 is 0. The summed E-state index contributed by atoms with van der Waals surface area (Å²) in [6, 6.07) is 30.7. The average Bonchev–Trinajstić information content (AvgIpc) is 3.33. The van der Waals surface area contributed by atoms with Gasteiger partial charge in [-0.2, -0.15) is 0 Å². The average molecular weight is 447 g/mol. The van der Waals surface area contributed by atoms with Crippen LogP contribution in [0.25, 0.3) is 75.4 Å². The van der Waals surface area contributed by atoms with E-state index < -0.39 is 0 Å². The topological polar surface area (TPSA) is 0 Å². The van der Waals surface area contributed by atoms with Crippen LogP contribution in [0.5, 0.6) is 0 Å². The summed E-state index contributed by atoms with van der Waals surface area (Å²) in [4.78, 5) is 0.